The van der Waals surface area contributed by atoms with Gasteiger partial charge < -0.3 is 0 Å². The predicted molar refractivity (Wildman–Crippen MR) is 50.3 cm³/mol. The highest BCUT2D eigenvalue weighted by Gasteiger charge is 2.22. The molecule has 0 bridgehead atoms. The third-order valence-corrected chi connectivity index (χ3v) is 3.22. The van der Waals surface area contributed by atoms with Crippen molar-refractivity contribution in [3.63, 3.8) is 0 Å². The molecule has 1 rings (SSSR count). The van der Waals surface area contributed by atoms with E-state index in [1.165, 1.54) is 6.07 Å². The second-order valence-corrected chi connectivity index (χ2v) is 4.63. The molecule has 78 valence electrons. The first-order chi connectivity index (χ1) is 6.45. The monoisotopic (exact) mass is 218 g/mol. The quantitative estimate of drug-likeness (QED) is 0.821. The summed E-state index contributed by atoms with van der Waals surface area (Å²) in [6.07, 6.45) is 1.29. The van der Waals surface area contributed by atoms with Crippen LogP contribution in [0.5, 0.6) is 0 Å². The molecule has 0 aromatic carbocycles. The minimum absolute atomic E-state index is 0.274. The zero-order chi connectivity index (χ0) is 10.8. The number of pyridine rings is 1. The number of nitrogens with zero attached hydrogens (tertiary/aromatic N) is 1. The normalized spacial score (nSPS) is 13.9. The first kappa shape index (κ1) is 11.1. The van der Waals surface area contributed by atoms with E-state index < -0.39 is 21.1 Å². The van der Waals surface area contributed by atoms with Crippen LogP contribution in [0.4, 0.5) is 4.39 Å². The van der Waals surface area contributed by atoms with Gasteiger partial charge in [-0.2, -0.15) is 0 Å². The van der Waals surface area contributed by atoms with Crippen molar-refractivity contribution in [2.45, 2.75) is 18.6 Å². The van der Waals surface area contributed by atoms with E-state index in [0.29, 0.717) is 6.42 Å². The molecule has 6 heteroatoms. The highest BCUT2D eigenvalue weighted by molar-refractivity contribution is 7.89. The molecule has 2 N–H and O–H groups in total. The second kappa shape index (κ2) is 4.02. The third-order valence-electron chi connectivity index (χ3n) is 1.85. The Morgan fingerprint density at radius 3 is 2.57 bits per heavy atom. The SMILES string of the molecule is CCC(c1ccc(F)cn1)S(N)(=O)=O. The molecule has 1 aromatic heterocycles. The molecule has 0 saturated heterocycles. The van der Waals surface area contributed by atoms with Gasteiger partial charge in [0.05, 0.1) is 11.9 Å². The second-order valence-electron chi connectivity index (χ2n) is 2.89. The summed E-state index contributed by atoms with van der Waals surface area (Å²) in [7, 11) is -3.67. The van der Waals surface area contributed by atoms with Crippen LogP contribution in [0, 0.1) is 5.82 Å². The first-order valence-electron chi connectivity index (χ1n) is 4.08. The minimum Gasteiger partial charge on any atom is -0.257 e. The maximum atomic E-state index is 12.5. The Labute approximate surface area is 82.0 Å². The fourth-order valence-corrected chi connectivity index (χ4v) is 2.13. The molecular weight excluding hydrogens is 207 g/mol. The fraction of sp³-hybridized carbons (Fsp3) is 0.375. The number of hydrogen-bond donors (Lipinski definition) is 1. The molecule has 0 radical (unpaired) electrons. The molecule has 0 amide bonds. The van der Waals surface area contributed by atoms with E-state index >= 15 is 0 Å². The summed E-state index contributed by atoms with van der Waals surface area (Å²) in [5.41, 5.74) is 0.274. The topological polar surface area (TPSA) is 73.0 Å². The molecule has 0 spiro atoms. The van der Waals surface area contributed by atoms with Crippen LogP contribution in [-0.4, -0.2) is 13.4 Å². The maximum absolute atomic E-state index is 12.5. The Hall–Kier alpha value is -1.01. The van der Waals surface area contributed by atoms with Gasteiger partial charge in [0.2, 0.25) is 10.0 Å². The lowest BCUT2D eigenvalue weighted by Crippen LogP contribution is -2.21. The summed E-state index contributed by atoms with van der Waals surface area (Å²) in [6, 6.07) is 2.49. The van der Waals surface area contributed by atoms with Crippen molar-refractivity contribution in [1.29, 1.82) is 0 Å². The number of rotatable bonds is 3. The summed E-state index contributed by atoms with van der Waals surface area (Å²) in [5.74, 6) is -0.502. The highest BCUT2D eigenvalue weighted by Crippen LogP contribution is 2.21. The Morgan fingerprint density at radius 1 is 1.57 bits per heavy atom. The van der Waals surface area contributed by atoms with Crippen LogP contribution >= 0.6 is 0 Å². The Kier molecular flexibility index (Phi) is 3.17. The Balaban J connectivity index is 3.08. The van der Waals surface area contributed by atoms with E-state index in [-0.39, 0.29) is 5.69 Å². The van der Waals surface area contributed by atoms with Gasteiger partial charge in [0.1, 0.15) is 11.1 Å². The smallest absolute Gasteiger partial charge is 0.217 e. The van der Waals surface area contributed by atoms with Gasteiger partial charge in [-0.3, -0.25) is 4.98 Å². The van der Waals surface area contributed by atoms with Crippen LogP contribution in [0.15, 0.2) is 18.3 Å². The molecule has 1 heterocycles. The molecule has 14 heavy (non-hydrogen) atoms. The molecule has 0 aliphatic rings. The molecule has 0 saturated carbocycles. The molecular formula is C8H11FN2O2S. The van der Waals surface area contributed by atoms with Crippen molar-refractivity contribution >= 4 is 10.0 Å². The lowest BCUT2D eigenvalue weighted by Gasteiger charge is -2.10. The van der Waals surface area contributed by atoms with Crippen LogP contribution in [0.2, 0.25) is 0 Å². The number of primary sulfonamides is 1. The van der Waals surface area contributed by atoms with Crippen LogP contribution in [0.3, 0.4) is 0 Å². The van der Waals surface area contributed by atoms with E-state index in [2.05, 4.69) is 4.98 Å². The molecule has 0 aliphatic carbocycles. The maximum Gasteiger partial charge on any atom is 0.217 e. The lowest BCUT2D eigenvalue weighted by atomic mass is 10.2. The summed E-state index contributed by atoms with van der Waals surface area (Å²) in [4.78, 5) is 3.68. The third kappa shape index (κ3) is 2.49. The van der Waals surface area contributed by atoms with Gasteiger partial charge in [0, 0.05) is 0 Å². The molecule has 1 atom stereocenters. The highest BCUT2D eigenvalue weighted by atomic mass is 32.2. The van der Waals surface area contributed by atoms with Gasteiger partial charge in [-0.05, 0) is 18.6 Å². The van der Waals surface area contributed by atoms with E-state index in [0.717, 1.165) is 12.3 Å². The average Bonchev–Trinajstić information content (AvgIpc) is 2.07. The molecule has 1 aromatic rings. The van der Waals surface area contributed by atoms with Gasteiger partial charge in [0.25, 0.3) is 0 Å². The first-order valence-corrected chi connectivity index (χ1v) is 5.69. The molecule has 0 fully saturated rings. The number of hydrogen-bond acceptors (Lipinski definition) is 3. The predicted octanol–water partition coefficient (Wildman–Crippen LogP) is 0.960. The zero-order valence-electron chi connectivity index (χ0n) is 7.64. The fourth-order valence-electron chi connectivity index (χ4n) is 1.19. The average molecular weight is 218 g/mol. The van der Waals surface area contributed by atoms with Crippen molar-refractivity contribution in [3.8, 4) is 0 Å². The van der Waals surface area contributed by atoms with Gasteiger partial charge >= 0.3 is 0 Å². The van der Waals surface area contributed by atoms with Gasteiger partial charge in [-0.15, -0.1) is 0 Å². The summed E-state index contributed by atoms with van der Waals surface area (Å²) in [5, 5.41) is 4.14. The Bertz CT molecular complexity index is 402. The van der Waals surface area contributed by atoms with Gasteiger partial charge in [0.15, 0.2) is 0 Å². The Morgan fingerprint density at radius 2 is 2.21 bits per heavy atom. The molecule has 4 nitrogen and oxygen atoms in total. The van der Waals surface area contributed by atoms with Crippen molar-refractivity contribution in [2.75, 3.05) is 0 Å². The van der Waals surface area contributed by atoms with Gasteiger partial charge in [-0.1, -0.05) is 6.92 Å². The molecule has 1 unspecified atom stereocenters. The van der Waals surface area contributed by atoms with Crippen molar-refractivity contribution in [1.82, 2.24) is 4.98 Å². The summed E-state index contributed by atoms with van der Waals surface area (Å²) in [6.45, 7) is 1.68. The van der Waals surface area contributed by atoms with Crippen molar-refractivity contribution in [3.05, 3.63) is 29.8 Å². The summed E-state index contributed by atoms with van der Waals surface area (Å²) < 4.78 is 34.7. The van der Waals surface area contributed by atoms with Crippen LogP contribution in [0.25, 0.3) is 0 Å². The minimum atomic E-state index is -3.67. The number of halogens is 1. The van der Waals surface area contributed by atoms with Gasteiger partial charge in [-0.25, -0.2) is 17.9 Å². The zero-order valence-corrected chi connectivity index (χ0v) is 8.46. The van der Waals surface area contributed by atoms with Crippen LogP contribution in [0.1, 0.15) is 24.3 Å². The largest absolute Gasteiger partial charge is 0.257 e. The lowest BCUT2D eigenvalue weighted by molar-refractivity contribution is 0.576. The van der Waals surface area contributed by atoms with E-state index in [4.69, 9.17) is 5.14 Å². The van der Waals surface area contributed by atoms with E-state index in [9.17, 15) is 12.8 Å². The summed E-state index contributed by atoms with van der Waals surface area (Å²) >= 11 is 0. The number of aromatic nitrogens is 1. The number of nitrogens with two attached hydrogens (primary N) is 1. The van der Waals surface area contributed by atoms with E-state index in [1.807, 2.05) is 0 Å². The molecule has 0 aliphatic heterocycles. The van der Waals surface area contributed by atoms with Crippen LogP contribution in [-0.2, 0) is 10.0 Å². The van der Waals surface area contributed by atoms with Crippen molar-refractivity contribution < 1.29 is 12.8 Å². The number of sulfonamides is 1. The van der Waals surface area contributed by atoms with Crippen LogP contribution < -0.4 is 5.14 Å². The van der Waals surface area contributed by atoms with Crippen molar-refractivity contribution in [2.24, 2.45) is 5.14 Å². The van der Waals surface area contributed by atoms with E-state index in [1.54, 1.807) is 6.92 Å². The standard InChI is InChI=1S/C8H11FN2O2S/c1-2-8(14(10,12)13)7-4-3-6(9)5-11-7/h3-5,8H,2H2,1H3,(H2,10,12,13).